The van der Waals surface area contributed by atoms with E-state index in [1.807, 2.05) is 0 Å². The van der Waals surface area contributed by atoms with Crippen molar-refractivity contribution < 1.29 is 22.8 Å². The normalized spacial score (nSPS) is 12.3. The number of rotatable bonds is 4. The first-order valence-corrected chi connectivity index (χ1v) is 5.33. The Kier molecular flexibility index (Phi) is 4.71. The summed E-state index contributed by atoms with van der Waals surface area (Å²) in [5.41, 5.74) is 4.35. The first kappa shape index (κ1) is 16.0. The fourth-order valence-electron chi connectivity index (χ4n) is 1.11. The third kappa shape index (κ3) is 4.53. The van der Waals surface area contributed by atoms with Crippen LogP contribution in [-0.2, 0) is 0 Å². The van der Waals surface area contributed by atoms with Crippen molar-refractivity contribution in [2.45, 2.75) is 13.1 Å². The van der Waals surface area contributed by atoms with E-state index in [0.29, 0.717) is 0 Å². The second-order valence-corrected chi connectivity index (χ2v) is 3.89. The van der Waals surface area contributed by atoms with Gasteiger partial charge < -0.3 is 10.5 Å². The van der Waals surface area contributed by atoms with Crippen LogP contribution in [0, 0.1) is 10.1 Å². The smallest absolute Gasteiger partial charge is 0.422 e. The van der Waals surface area contributed by atoms with E-state index >= 15 is 0 Å². The van der Waals surface area contributed by atoms with E-state index in [0.717, 1.165) is 6.07 Å². The second kappa shape index (κ2) is 5.90. The van der Waals surface area contributed by atoms with E-state index in [1.165, 1.54) is 6.92 Å². The summed E-state index contributed by atoms with van der Waals surface area (Å²) in [5.74, 6) is -0.636. The Bertz CT molecular complexity index is 558. The number of aliphatic imine (C=N–C) groups is 1. The molecule has 0 unspecified atom stereocenters. The highest BCUT2D eigenvalue weighted by molar-refractivity contribution is 6.31. The summed E-state index contributed by atoms with van der Waals surface area (Å²) >= 11 is 5.49. The summed E-state index contributed by atoms with van der Waals surface area (Å²) in [6.45, 7) is -0.297. The molecule has 20 heavy (non-hydrogen) atoms. The molecule has 1 aromatic heterocycles. The molecular formula is C9H8ClF3N4O3. The van der Waals surface area contributed by atoms with Gasteiger partial charge in [0.15, 0.2) is 6.61 Å². The minimum absolute atomic E-state index is 0.0414. The van der Waals surface area contributed by atoms with Crippen LogP contribution in [0.4, 0.5) is 24.5 Å². The molecule has 0 aliphatic rings. The Morgan fingerprint density at radius 3 is 2.70 bits per heavy atom. The first-order valence-electron chi connectivity index (χ1n) is 4.95. The minimum atomic E-state index is -4.60. The Balaban J connectivity index is 3.24. The lowest BCUT2D eigenvalue weighted by Gasteiger charge is -2.10. The Labute approximate surface area is 115 Å². The van der Waals surface area contributed by atoms with Gasteiger partial charge in [-0.25, -0.2) is 4.99 Å². The molecule has 0 saturated carbocycles. The van der Waals surface area contributed by atoms with Gasteiger partial charge in [-0.1, -0.05) is 11.6 Å². The lowest BCUT2D eigenvalue weighted by molar-refractivity contribution is -0.385. The van der Waals surface area contributed by atoms with E-state index in [9.17, 15) is 23.3 Å². The molecular weight excluding hydrogens is 305 g/mol. The van der Waals surface area contributed by atoms with Crippen LogP contribution in [0.2, 0.25) is 5.15 Å². The fourth-order valence-corrected chi connectivity index (χ4v) is 1.31. The summed E-state index contributed by atoms with van der Waals surface area (Å²) in [4.78, 5) is 16.8. The average molecular weight is 313 g/mol. The van der Waals surface area contributed by atoms with Crippen LogP contribution in [0.25, 0.3) is 0 Å². The molecule has 110 valence electrons. The van der Waals surface area contributed by atoms with Gasteiger partial charge in [0.25, 0.3) is 0 Å². The first-order chi connectivity index (χ1) is 9.10. The predicted octanol–water partition coefficient (Wildman–Crippen LogP) is 2.59. The molecule has 0 saturated heterocycles. The number of alkyl halides is 3. The third-order valence-electron chi connectivity index (χ3n) is 1.77. The molecule has 0 amide bonds. The van der Waals surface area contributed by atoms with Crippen molar-refractivity contribution in [3.05, 3.63) is 21.3 Å². The van der Waals surface area contributed by atoms with E-state index in [-0.39, 0.29) is 11.5 Å². The number of nitro groups is 1. The van der Waals surface area contributed by atoms with Gasteiger partial charge in [0.1, 0.15) is 5.69 Å². The van der Waals surface area contributed by atoms with Crippen molar-refractivity contribution in [2.24, 2.45) is 10.7 Å². The van der Waals surface area contributed by atoms with Crippen molar-refractivity contribution in [1.82, 2.24) is 4.98 Å². The van der Waals surface area contributed by atoms with Crippen LogP contribution in [0.1, 0.15) is 6.92 Å². The van der Waals surface area contributed by atoms with Crippen molar-refractivity contribution >= 4 is 28.8 Å². The van der Waals surface area contributed by atoms with Crippen LogP contribution in [-0.4, -0.2) is 28.5 Å². The fraction of sp³-hybridized carbons (Fsp3) is 0.333. The van der Waals surface area contributed by atoms with Crippen molar-refractivity contribution in [1.29, 1.82) is 0 Å². The molecule has 0 radical (unpaired) electrons. The molecule has 0 aliphatic carbocycles. The molecule has 1 rings (SSSR count). The van der Waals surface area contributed by atoms with Crippen LogP contribution in [0.15, 0.2) is 11.1 Å². The highest BCUT2D eigenvalue weighted by atomic mass is 35.5. The number of halogens is 4. The SMILES string of the molecule is CC(N)=Nc1cc([N+](=O)[O-])c(Cl)nc1OCC(F)(F)F. The maximum Gasteiger partial charge on any atom is 0.422 e. The van der Waals surface area contributed by atoms with Crippen LogP contribution < -0.4 is 10.5 Å². The number of hydrogen-bond acceptors (Lipinski definition) is 5. The monoisotopic (exact) mass is 312 g/mol. The minimum Gasteiger partial charge on any atom is -0.466 e. The number of aromatic nitrogens is 1. The molecule has 7 nitrogen and oxygen atoms in total. The summed E-state index contributed by atoms with van der Waals surface area (Å²) < 4.78 is 40.7. The molecule has 1 heterocycles. The van der Waals surface area contributed by atoms with Gasteiger partial charge in [0, 0.05) is 0 Å². The van der Waals surface area contributed by atoms with Crippen LogP contribution in [0.3, 0.4) is 0 Å². The highest BCUT2D eigenvalue weighted by Gasteiger charge is 2.30. The zero-order valence-electron chi connectivity index (χ0n) is 9.94. The Hall–Kier alpha value is -2.10. The number of nitrogens with zero attached hydrogens (tertiary/aromatic N) is 3. The lowest BCUT2D eigenvalue weighted by atomic mass is 10.3. The number of pyridine rings is 1. The standard InChI is InChI=1S/C9H8ClF3N4O3/c1-4(14)15-5-2-6(17(18)19)7(10)16-8(5)20-3-9(11,12)13/h2H,3H2,1H3,(H2,14,15). The molecule has 0 bridgehead atoms. The predicted molar refractivity (Wildman–Crippen MR) is 64.4 cm³/mol. The average Bonchev–Trinajstić information content (AvgIpc) is 2.26. The molecule has 2 N–H and O–H groups in total. The summed E-state index contributed by atoms with van der Waals surface area (Å²) in [6, 6.07) is 0.831. The van der Waals surface area contributed by atoms with Crippen molar-refractivity contribution in [3.63, 3.8) is 0 Å². The maximum atomic E-state index is 12.1. The highest BCUT2D eigenvalue weighted by Crippen LogP contribution is 2.35. The van der Waals surface area contributed by atoms with Crippen molar-refractivity contribution in [3.8, 4) is 5.88 Å². The summed E-state index contributed by atoms with van der Waals surface area (Å²) in [6.07, 6.45) is -4.60. The van der Waals surface area contributed by atoms with Gasteiger partial charge >= 0.3 is 11.9 Å². The van der Waals surface area contributed by atoms with Gasteiger partial charge in [-0.05, 0) is 6.92 Å². The lowest BCUT2D eigenvalue weighted by Crippen LogP contribution is -2.20. The topological polar surface area (TPSA) is 104 Å². The van der Waals surface area contributed by atoms with E-state index in [1.54, 1.807) is 0 Å². The zero-order chi connectivity index (χ0) is 15.5. The van der Waals surface area contributed by atoms with E-state index in [2.05, 4.69) is 14.7 Å². The third-order valence-corrected chi connectivity index (χ3v) is 2.05. The van der Waals surface area contributed by atoms with Crippen LogP contribution in [0.5, 0.6) is 5.88 Å². The van der Waals surface area contributed by atoms with Gasteiger partial charge in [0.2, 0.25) is 11.0 Å². The molecule has 0 aromatic carbocycles. The molecule has 0 atom stereocenters. The van der Waals surface area contributed by atoms with Crippen LogP contribution >= 0.6 is 11.6 Å². The second-order valence-electron chi connectivity index (χ2n) is 3.54. The number of amidine groups is 1. The largest absolute Gasteiger partial charge is 0.466 e. The number of hydrogen-bond donors (Lipinski definition) is 1. The van der Waals surface area contributed by atoms with E-state index in [4.69, 9.17) is 17.3 Å². The Morgan fingerprint density at radius 1 is 1.65 bits per heavy atom. The molecule has 11 heteroatoms. The summed E-state index contributed by atoms with van der Waals surface area (Å²) in [7, 11) is 0. The van der Waals surface area contributed by atoms with Gasteiger partial charge in [-0.3, -0.25) is 10.1 Å². The van der Waals surface area contributed by atoms with Gasteiger partial charge in [0.05, 0.1) is 16.8 Å². The molecule has 0 spiro atoms. The maximum absolute atomic E-state index is 12.1. The zero-order valence-corrected chi connectivity index (χ0v) is 10.7. The van der Waals surface area contributed by atoms with Gasteiger partial charge in [-0.2, -0.15) is 18.2 Å². The number of ether oxygens (including phenoxy) is 1. The Morgan fingerprint density at radius 2 is 2.25 bits per heavy atom. The molecule has 1 aromatic rings. The molecule has 0 fully saturated rings. The van der Waals surface area contributed by atoms with Gasteiger partial charge in [-0.15, -0.1) is 0 Å². The van der Waals surface area contributed by atoms with Crippen molar-refractivity contribution in [2.75, 3.05) is 6.61 Å². The van der Waals surface area contributed by atoms with E-state index < -0.39 is 34.4 Å². The summed E-state index contributed by atoms with van der Waals surface area (Å²) in [5, 5.41) is 10.1. The quantitative estimate of drug-likeness (QED) is 0.302. The molecule has 0 aliphatic heterocycles. The number of nitrogens with two attached hydrogens (primary N) is 1.